The molecule has 1 saturated carbocycles. The standard InChI is InChI=1S/C11H22O2S/c1-2-3-7-10-14(12,13)11-8-5-4-6-9-11/h11H,2-10H2,1H3. The highest BCUT2D eigenvalue weighted by molar-refractivity contribution is 7.92. The molecule has 14 heavy (non-hydrogen) atoms. The number of hydrogen-bond acceptors (Lipinski definition) is 2. The molecule has 1 aliphatic rings. The summed E-state index contributed by atoms with van der Waals surface area (Å²) in [5, 5.41) is -0.00638. The van der Waals surface area contributed by atoms with E-state index in [-0.39, 0.29) is 5.25 Å². The summed E-state index contributed by atoms with van der Waals surface area (Å²) in [6.07, 6.45) is 8.26. The summed E-state index contributed by atoms with van der Waals surface area (Å²) in [5.41, 5.74) is 0. The Kier molecular flexibility index (Phi) is 4.93. The molecule has 0 unspecified atom stereocenters. The van der Waals surface area contributed by atoms with Gasteiger partial charge < -0.3 is 0 Å². The summed E-state index contributed by atoms with van der Waals surface area (Å²) in [6, 6.07) is 0. The average Bonchev–Trinajstić information content (AvgIpc) is 2.19. The van der Waals surface area contributed by atoms with Crippen LogP contribution in [0.2, 0.25) is 0 Å². The molecule has 0 radical (unpaired) electrons. The van der Waals surface area contributed by atoms with E-state index in [4.69, 9.17) is 0 Å². The zero-order valence-electron chi connectivity index (χ0n) is 9.17. The Balaban J connectivity index is 2.38. The minimum Gasteiger partial charge on any atom is -0.229 e. The van der Waals surface area contributed by atoms with Gasteiger partial charge in [0.15, 0.2) is 9.84 Å². The van der Waals surface area contributed by atoms with Crippen LogP contribution in [-0.4, -0.2) is 19.4 Å². The first-order chi connectivity index (χ1) is 6.67. The molecule has 2 nitrogen and oxygen atoms in total. The average molecular weight is 218 g/mol. The van der Waals surface area contributed by atoms with E-state index in [0.29, 0.717) is 5.75 Å². The molecule has 0 spiro atoms. The van der Waals surface area contributed by atoms with Gasteiger partial charge in [-0.05, 0) is 19.3 Å². The second-order valence-electron chi connectivity index (χ2n) is 4.33. The van der Waals surface area contributed by atoms with Crippen LogP contribution in [0, 0.1) is 0 Å². The van der Waals surface area contributed by atoms with E-state index in [2.05, 4.69) is 6.92 Å². The maximum Gasteiger partial charge on any atom is 0.153 e. The van der Waals surface area contributed by atoms with Gasteiger partial charge in [0.05, 0.1) is 11.0 Å². The first kappa shape index (κ1) is 12.0. The summed E-state index contributed by atoms with van der Waals surface area (Å²) in [4.78, 5) is 0. The maximum absolute atomic E-state index is 11.9. The van der Waals surface area contributed by atoms with Gasteiger partial charge in [-0.15, -0.1) is 0 Å². The normalized spacial score (nSPS) is 19.8. The second-order valence-corrected chi connectivity index (χ2v) is 6.73. The molecule has 84 valence electrons. The van der Waals surface area contributed by atoms with Crippen molar-refractivity contribution in [2.45, 2.75) is 63.5 Å². The highest BCUT2D eigenvalue weighted by Crippen LogP contribution is 2.24. The highest BCUT2D eigenvalue weighted by Gasteiger charge is 2.26. The third-order valence-electron chi connectivity index (χ3n) is 3.09. The zero-order chi connectivity index (χ0) is 10.4. The van der Waals surface area contributed by atoms with Crippen molar-refractivity contribution in [3.05, 3.63) is 0 Å². The van der Waals surface area contributed by atoms with Crippen molar-refractivity contribution in [3.63, 3.8) is 0 Å². The van der Waals surface area contributed by atoms with Crippen molar-refractivity contribution in [1.29, 1.82) is 0 Å². The molecule has 0 amide bonds. The van der Waals surface area contributed by atoms with Crippen LogP contribution in [0.15, 0.2) is 0 Å². The number of unbranched alkanes of at least 4 members (excludes halogenated alkanes) is 2. The molecular weight excluding hydrogens is 196 g/mol. The summed E-state index contributed by atoms with van der Waals surface area (Å²) in [5.74, 6) is 0.422. The van der Waals surface area contributed by atoms with Gasteiger partial charge in [-0.2, -0.15) is 0 Å². The van der Waals surface area contributed by atoms with Gasteiger partial charge in [0.25, 0.3) is 0 Å². The van der Waals surface area contributed by atoms with Gasteiger partial charge in [-0.3, -0.25) is 0 Å². The fourth-order valence-electron chi connectivity index (χ4n) is 2.14. The zero-order valence-corrected chi connectivity index (χ0v) is 9.98. The van der Waals surface area contributed by atoms with Crippen molar-refractivity contribution in [2.75, 3.05) is 5.75 Å². The van der Waals surface area contributed by atoms with Crippen molar-refractivity contribution >= 4 is 9.84 Å². The molecule has 0 aromatic rings. The molecule has 0 N–H and O–H groups in total. The van der Waals surface area contributed by atoms with Gasteiger partial charge in [0, 0.05) is 0 Å². The van der Waals surface area contributed by atoms with Crippen LogP contribution in [0.5, 0.6) is 0 Å². The van der Waals surface area contributed by atoms with E-state index in [9.17, 15) is 8.42 Å². The molecule has 1 rings (SSSR count). The summed E-state index contributed by atoms with van der Waals surface area (Å²) in [6.45, 7) is 2.10. The van der Waals surface area contributed by atoms with Gasteiger partial charge in [0.1, 0.15) is 0 Å². The fraction of sp³-hybridized carbons (Fsp3) is 1.00. The smallest absolute Gasteiger partial charge is 0.153 e. The lowest BCUT2D eigenvalue weighted by Crippen LogP contribution is -2.26. The first-order valence-corrected chi connectivity index (χ1v) is 7.60. The lowest BCUT2D eigenvalue weighted by molar-refractivity contribution is 0.482. The molecule has 1 fully saturated rings. The largest absolute Gasteiger partial charge is 0.229 e. The Morgan fingerprint density at radius 2 is 1.71 bits per heavy atom. The molecule has 0 saturated heterocycles. The highest BCUT2D eigenvalue weighted by atomic mass is 32.2. The lowest BCUT2D eigenvalue weighted by Gasteiger charge is -2.21. The summed E-state index contributed by atoms with van der Waals surface area (Å²) in [7, 11) is -2.76. The lowest BCUT2D eigenvalue weighted by atomic mass is 10.0. The summed E-state index contributed by atoms with van der Waals surface area (Å²) < 4.78 is 23.7. The van der Waals surface area contributed by atoms with E-state index < -0.39 is 9.84 Å². The predicted octanol–water partition coefficient (Wildman–Crippen LogP) is 2.92. The Morgan fingerprint density at radius 1 is 1.07 bits per heavy atom. The van der Waals surface area contributed by atoms with Crippen LogP contribution in [0.4, 0.5) is 0 Å². The molecule has 0 atom stereocenters. The van der Waals surface area contributed by atoms with Crippen LogP contribution in [-0.2, 0) is 9.84 Å². The SMILES string of the molecule is CCCCCS(=O)(=O)C1CCCCC1. The van der Waals surface area contributed by atoms with Crippen molar-refractivity contribution < 1.29 is 8.42 Å². The fourth-order valence-corrected chi connectivity index (χ4v) is 4.14. The predicted molar refractivity (Wildman–Crippen MR) is 60.2 cm³/mol. The van der Waals surface area contributed by atoms with Gasteiger partial charge in [-0.1, -0.05) is 39.0 Å². The maximum atomic E-state index is 11.9. The van der Waals surface area contributed by atoms with Crippen molar-refractivity contribution in [1.82, 2.24) is 0 Å². The van der Waals surface area contributed by atoms with Crippen LogP contribution in [0.25, 0.3) is 0 Å². The van der Waals surface area contributed by atoms with Crippen LogP contribution < -0.4 is 0 Å². The molecule has 3 heteroatoms. The Bertz CT molecular complexity index is 238. The van der Waals surface area contributed by atoms with Gasteiger partial charge in [-0.25, -0.2) is 8.42 Å². The summed E-state index contributed by atoms with van der Waals surface area (Å²) >= 11 is 0. The Labute approximate surface area is 88.0 Å². The first-order valence-electron chi connectivity index (χ1n) is 5.88. The van der Waals surface area contributed by atoms with E-state index in [1.165, 1.54) is 6.42 Å². The van der Waals surface area contributed by atoms with E-state index in [1.807, 2.05) is 0 Å². The molecular formula is C11H22O2S. The van der Waals surface area contributed by atoms with Gasteiger partial charge in [0.2, 0.25) is 0 Å². The topological polar surface area (TPSA) is 34.1 Å². The van der Waals surface area contributed by atoms with Crippen LogP contribution in [0.3, 0.4) is 0 Å². The van der Waals surface area contributed by atoms with Crippen LogP contribution >= 0.6 is 0 Å². The van der Waals surface area contributed by atoms with Crippen LogP contribution in [0.1, 0.15) is 58.3 Å². The van der Waals surface area contributed by atoms with Gasteiger partial charge >= 0.3 is 0 Å². The molecule has 0 aliphatic heterocycles. The quantitative estimate of drug-likeness (QED) is 0.665. The van der Waals surface area contributed by atoms with E-state index >= 15 is 0 Å². The molecule has 0 aromatic heterocycles. The van der Waals surface area contributed by atoms with Crippen molar-refractivity contribution in [3.8, 4) is 0 Å². The minimum absolute atomic E-state index is 0.00638. The van der Waals surface area contributed by atoms with E-state index in [0.717, 1.165) is 44.9 Å². The Hall–Kier alpha value is -0.0500. The number of sulfone groups is 1. The molecule has 0 heterocycles. The third-order valence-corrected chi connectivity index (χ3v) is 5.44. The second kappa shape index (κ2) is 5.74. The molecule has 1 aliphatic carbocycles. The Morgan fingerprint density at radius 3 is 2.29 bits per heavy atom. The number of rotatable bonds is 5. The molecule has 0 aromatic carbocycles. The van der Waals surface area contributed by atoms with E-state index in [1.54, 1.807) is 0 Å². The third kappa shape index (κ3) is 3.60. The number of hydrogen-bond donors (Lipinski definition) is 0. The molecule has 0 bridgehead atoms. The monoisotopic (exact) mass is 218 g/mol. The van der Waals surface area contributed by atoms with Crippen molar-refractivity contribution in [2.24, 2.45) is 0 Å². The minimum atomic E-state index is -2.76.